The Balaban J connectivity index is 3.01. The van der Waals surface area contributed by atoms with Gasteiger partial charge in [-0.15, -0.1) is 0 Å². The van der Waals surface area contributed by atoms with Gasteiger partial charge in [0.1, 0.15) is 0 Å². The normalized spacial score (nSPS) is 11.9. The van der Waals surface area contributed by atoms with E-state index in [0.29, 0.717) is 19.8 Å². The molecule has 0 saturated heterocycles. The van der Waals surface area contributed by atoms with Gasteiger partial charge in [0.2, 0.25) is 0 Å². The average Bonchev–Trinajstić information content (AvgIpc) is 2.45. The summed E-state index contributed by atoms with van der Waals surface area (Å²) >= 11 is 0. The molecule has 0 unspecified atom stereocenters. The molecular formula is C17H28O3Si2. The van der Waals surface area contributed by atoms with Gasteiger partial charge in [0, 0.05) is 25.4 Å². The van der Waals surface area contributed by atoms with Gasteiger partial charge < -0.3 is 13.3 Å². The lowest BCUT2D eigenvalue weighted by Gasteiger charge is -2.22. The van der Waals surface area contributed by atoms with Crippen LogP contribution < -0.4 is 5.19 Å². The van der Waals surface area contributed by atoms with Crippen LogP contribution in [-0.2, 0) is 13.3 Å². The van der Waals surface area contributed by atoms with Gasteiger partial charge in [-0.2, -0.15) is 0 Å². The minimum absolute atomic E-state index is 0.537. The molecule has 0 atom stereocenters. The lowest BCUT2D eigenvalue weighted by atomic mass is 10.2. The first-order valence-corrected chi connectivity index (χ1v) is 13.1. The van der Waals surface area contributed by atoms with Gasteiger partial charge in [-0.1, -0.05) is 42.9 Å². The van der Waals surface area contributed by atoms with Crippen molar-refractivity contribution in [2.24, 2.45) is 0 Å². The van der Waals surface area contributed by atoms with E-state index in [-0.39, 0.29) is 0 Å². The van der Waals surface area contributed by atoms with Crippen molar-refractivity contribution in [1.29, 1.82) is 0 Å². The maximum absolute atomic E-state index is 5.74. The lowest BCUT2D eigenvalue weighted by Crippen LogP contribution is -2.45. The number of hydrogen-bond donors (Lipinski definition) is 0. The maximum atomic E-state index is 5.74. The second-order valence-corrected chi connectivity index (χ2v) is 13.2. The summed E-state index contributed by atoms with van der Waals surface area (Å²) in [5, 5.41) is 1.43. The fourth-order valence-corrected chi connectivity index (χ4v) is 5.08. The Morgan fingerprint density at radius 1 is 0.818 bits per heavy atom. The smallest absolute Gasteiger partial charge is 0.364 e. The molecular weight excluding hydrogens is 308 g/mol. The van der Waals surface area contributed by atoms with Crippen LogP contribution >= 0.6 is 0 Å². The van der Waals surface area contributed by atoms with Crippen LogP contribution in [0.2, 0.25) is 19.6 Å². The van der Waals surface area contributed by atoms with Crippen molar-refractivity contribution in [3.8, 4) is 11.5 Å². The summed E-state index contributed by atoms with van der Waals surface area (Å²) in [6.45, 7) is 14.4. The molecule has 0 amide bonds. The van der Waals surface area contributed by atoms with E-state index in [4.69, 9.17) is 13.3 Å². The molecule has 0 aromatic heterocycles. The number of benzene rings is 1. The molecule has 0 aliphatic rings. The molecule has 0 aliphatic carbocycles. The van der Waals surface area contributed by atoms with E-state index < -0.39 is 16.9 Å². The zero-order chi connectivity index (χ0) is 16.6. The molecule has 0 spiro atoms. The Morgan fingerprint density at radius 3 is 1.64 bits per heavy atom. The summed E-state index contributed by atoms with van der Waals surface area (Å²) in [5.41, 5.74) is 4.11. The van der Waals surface area contributed by atoms with E-state index in [1.165, 1.54) is 5.19 Å². The highest BCUT2D eigenvalue weighted by Crippen LogP contribution is 2.10. The molecule has 5 heteroatoms. The molecule has 0 heterocycles. The largest absolute Gasteiger partial charge is 0.591 e. The van der Waals surface area contributed by atoms with Gasteiger partial charge in [-0.3, -0.25) is 0 Å². The summed E-state index contributed by atoms with van der Waals surface area (Å²) in [7, 11) is -4.15. The van der Waals surface area contributed by atoms with E-state index in [0.717, 1.165) is 5.56 Å². The molecule has 1 aromatic carbocycles. The third-order valence-corrected chi connectivity index (χ3v) is 7.62. The first-order valence-electron chi connectivity index (χ1n) is 7.92. The molecule has 0 aliphatic heterocycles. The monoisotopic (exact) mass is 336 g/mol. The van der Waals surface area contributed by atoms with Crippen molar-refractivity contribution < 1.29 is 13.3 Å². The Morgan fingerprint density at radius 2 is 1.27 bits per heavy atom. The Kier molecular flexibility index (Phi) is 7.53. The number of hydrogen-bond acceptors (Lipinski definition) is 3. The fourth-order valence-electron chi connectivity index (χ4n) is 2.01. The van der Waals surface area contributed by atoms with Crippen molar-refractivity contribution >= 4 is 22.1 Å². The third kappa shape index (κ3) is 5.71. The molecule has 0 saturated carbocycles. The van der Waals surface area contributed by atoms with Gasteiger partial charge in [0.25, 0.3) is 0 Å². The van der Waals surface area contributed by atoms with E-state index >= 15 is 0 Å². The van der Waals surface area contributed by atoms with Crippen LogP contribution in [0.3, 0.4) is 0 Å². The van der Waals surface area contributed by atoms with Gasteiger partial charge in [-0.05, 0) is 38.4 Å². The molecule has 122 valence electrons. The van der Waals surface area contributed by atoms with Crippen LogP contribution in [0.25, 0.3) is 0 Å². The maximum Gasteiger partial charge on any atom is 0.591 e. The van der Waals surface area contributed by atoms with Gasteiger partial charge in [-0.25, -0.2) is 0 Å². The van der Waals surface area contributed by atoms with Crippen LogP contribution in [0.15, 0.2) is 24.3 Å². The third-order valence-electron chi connectivity index (χ3n) is 3.11. The van der Waals surface area contributed by atoms with Crippen LogP contribution in [0.1, 0.15) is 26.3 Å². The fraction of sp³-hybridized carbons (Fsp3) is 0.529. The van der Waals surface area contributed by atoms with E-state index in [9.17, 15) is 0 Å². The molecule has 0 radical (unpaired) electrons. The summed E-state index contributed by atoms with van der Waals surface area (Å²) in [6, 6.07) is 8.51. The minimum atomic E-state index is -2.88. The lowest BCUT2D eigenvalue weighted by molar-refractivity contribution is 0.0870. The Hall–Kier alpha value is -0.906. The van der Waals surface area contributed by atoms with E-state index in [1.54, 1.807) is 0 Å². The second kappa shape index (κ2) is 8.65. The highest BCUT2D eigenvalue weighted by atomic mass is 28.4. The quantitative estimate of drug-likeness (QED) is 0.565. The molecule has 0 N–H and O–H groups in total. The molecule has 22 heavy (non-hydrogen) atoms. The highest BCUT2D eigenvalue weighted by molar-refractivity contribution is 6.88. The predicted molar refractivity (Wildman–Crippen MR) is 96.9 cm³/mol. The second-order valence-electron chi connectivity index (χ2n) is 5.93. The molecule has 1 aromatic rings. The molecule has 1 rings (SSSR count). The van der Waals surface area contributed by atoms with Gasteiger partial charge >= 0.3 is 8.80 Å². The molecule has 0 fully saturated rings. The zero-order valence-corrected chi connectivity index (χ0v) is 16.7. The van der Waals surface area contributed by atoms with E-state index in [1.807, 2.05) is 20.8 Å². The van der Waals surface area contributed by atoms with Gasteiger partial charge in [0.15, 0.2) is 0 Å². The Bertz CT molecular complexity index is 492. The average molecular weight is 337 g/mol. The minimum Gasteiger partial charge on any atom is -0.364 e. The molecule has 0 bridgehead atoms. The first kappa shape index (κ1) is 19.1. The zero-order valence-electron chi connectivity index (χ0n) is 14.7. The van der Waals surface area contributed by atoms with Crippen LogP contribution in [0.4, 0.5) is 0 Å². The van der Waals surface area contributed by atoms with Crippen molar-refractivity contribution in [3.05, 3.63) is 29.8 Å². The first-order chi connectivity index (χ1) is 10.4. The number of rotatable bonds is 7. The van der Waals surface area contributed by atoms with Crippen molar-refractivity contribution in [2.75, 3.05) is 19.8 Å². The van der Waals surface area contributed by atoms with Gasteiger partial charge in [0.05, 0.1) is 8.07 Å². The summed E-state index contributed by atoms with van der Waals surface area (Å²) in [4.78, 5) is 0. The summed E-state index contributed by atoms with van der Waals surface area (Å²) < 4.78 is 17.2. The van der Waals surface area contributed by atoms with E-state index in [2.05, 4.69) is 55.4 Å². The summed E-state index contributed by atoms with van der Waals surface area (Å²) in [5.74, 6) is 3.17. The molecule has 3 nitrogen and oxygen atoms in total. The van der Waals surface area contributed by atoms with Crippen LogP contribution in [0.5, 0.6) is 0 Å². The predicted octanol–water partition coefficient (Wildman–Crippen LogP) is 3.17. The van der Waals surface area contributed by atoms with Crippen molar-refractivity contribution in [2.45, 2.75) is 40.4 Å². The highest BCUT2D eigenvalue weighted by Gasteiger charge is 2.39. The van der Waals surface area contributed by atoms with Crippen LogP contribution in [-0.4, -0.2) is 36.7 Å². The topological polar surface area (TPSA) is 27.7 Å². The van der Waals surface area contributed by atoms with Crippen molar-refractivity contribution in [1.82, 2.24) is 0 Å². The van der Waals surface area contributed by atoms with Crippen molar-refractivity contribution in [3.63, 3.8) is 0 Å². The SMILES string of the molecule is CCO[Si](C#Cc1ccc([Si](C)(C)C)cc1)(OCC)OCC. The Labute approximate surface area is 137 Å². The standard InChI is InChI=1S/C17H28O3Si2/c1-7-18-22(19-8-2,20-9-3)15-14-16-10-12-17(13-11-16)21(4,5)6/h10-13H,7-9H2,1-6H3. The van der Waals surface area contributed by atoms with Crippen LogP contribution in [0, 0.1) is 11.5 Å². The summed E-state index contributed by atoms with van der Waals surface area (Å²) in [6.07, 6.45) is 0.